The topological polar surface area (TPSA) is 60.1 Å². The molecule has 5 nitrogen and oxygen atoms in total. The molecule has 7 heteroatoms. The van der Waals surface area contributed by atoms with Crippen molar-refractivity contribution in [2.24, 2.45) is 0 Å². The van der Waals surface area contributed by atoms with Crippen LogP contribution in [-0.2, 0) is 6.54 Å². The highest BCUT2D eigenvalue weighted by Gasteiger charge is 2.17. The van der Waals surface area contributed by atoms with E-state index < -0.39 is 0 Å². The lowest BCUT2D eigenvalue weighted by atomic mass is 10.2. The largest absolute Gasteiger partial charge is 0.469 e. The van der Waals surface area contributed by atoms with Gasteiger partial charge in [0.15, 0.2) is 0 Å². The molecule has 1 N–H and O–H groups in total. The Hall–Kier alpha value is -2.24. The van der Waals surface area contributed by atoms with Gasteiger partial charge < -0.3 is 9.73 Å². The zero-order chi connectivity index (χ0) is 18.1. The number of hydrogen-bond donors (Lipinski definition) is 1. The number of hydrogen-bond acceptors (Lipinski definition) is 3. The quantitative estimate of drug-likeness (QED) is 0.694. The molecule has 0 unspecified atom stereocenters. The van der Waals surface area contributed by atoms with E-state index in [4.69, 9.17) is 27.6 Å². The average molecular weight is 378 g/mol. The zero-order valence-electron chi connectivity index (χ0n) is 14.1. The highest BCUT2D eigenvalue weighted by Crippen LogP contribution is 2.25. The van der Waals surface area contributed by atoms with Crippen LogP contribution >= 0.6 is 23.2 Å². The number of anilines is 1. The average Bonchev–Trinajstić information content (AvgIpc) is 3.10. The van der Waals surface area contributed by atoms with Gasteiger partial charge in [-0.3, -0.25) is 9.48 Å². The Labute approximate surface area is 155 Å². The lowest BCUT2D eigenvalue weighted by Gasteiger charge is -2.08. The fraction of sp³-hybridized carbons (Fsp3) is 0.222. The molecule has 0 atom stereocenters. The standard InChI is InChI=1S/C18H17Cl2N3O2/c1-10-17(21-18(24)14-6-7-25-12(14)3)11(2)23(22-10)9-13-4-5-15(19)16(20)8-13/h4-8H,9H2,1-3H3,(H,21,24). The molecule has 3 rings (SSSR count). The molecule has 1 aromatic carbocycles. The predicted octanol–water partition coefficient (Wildman–Crippen LogP) is 5.01. The molecular formula is C18H17Cl2N3O2. The van der Waals surface area contributed by atoms with Gasteiger partial charge in [-0.1, -0.05) is 29.3 Å². The summed E-state index contributed by atoms with van der Waals surface area (Å²) in [5.41, 5.74) is 3.79. The SMILES string of the molecule is Cc1nn(Cc2ccc(Cl)c(Cl)c2)c(C)c1NC(=O)c1ccoc1C. The third kappa shape index (κ3) is 3.57. The van der Waals surface area contributed by atoms with Crippen LogP contribution in [0.25, 0.3) is 0 Å². The van der Waals surface area contributed by atoms with Gasteiger partial charge in [0.1, 0.15) is 5.76 Å². The van der Waals surface area contributed by atoms with E-state index in [9.17, 15) is 4.79 Å². The Morgan fingerprint density at radius 2 is 1.96 bits per heavy atom. The van der Waals surface area contributed by atoms with Crippen LogP contribution in [0.4, 0.5) is 5.69 Å². The van der Waals surface area contributed by atoms with Gasteiger partial charge >= 0.3 is 0 Å². The number of carbonyl (C=O) groups is 1. The summed E-state index contributed by atoms with van der Waals surface area (Å²) in [6, 6.07) is 7.12. The molecule has 0 fully saturated rings. The number of benzene rings is 1. The van der Waals surface area contributed by atoms with Gasteiger partial charge in [0.05, 0.1) is 45.5 Å². The molecule has 1 amide bonds. The Balaban J connectivity index is 1.84. The molecule has 0 bridgehead atoms. The van der Waals surface area contributed by atoms with Crippen molar-refractivity contribution in [3.63, 3.8) is 0 Å². The van der Waals surface area contributed by atoms with E-state index in [-0.39, 0.29) is 5.91 Å². The van der Waals surface area contributed by atoms with E-state index in [1.807, 2.05) is 30.7 Å². The van der Waals surface area contributed by atoms with Gasteiger partial charge in [-0.05, 0) is 44.5 Å². The van der Waals surface area contributed by atoms with Crippen molar-refractivity contribution >= 4 is 34.8 Å². The monoisotopic (exact) mass is 377 g/mol. The van der Waals surface area contributed by atoms with Crippen molar-refractivity contribution in [1.29, 1.82) is 0 Å². The van der Waals surface area contributed by atoms with Crippen LogP contribution in [0.15, 0.2) is 34.9 Å². The van der Waals surface area contributed by atoms with E-state index in [1.54, 1.807) is 19.1 Å². The Morgan fingerprint density at radius 3 is 2.60 bits per heavy atom. The molecule has 0 radical (unpaired) electrons. The minimum Gasteiger partial charge on any atom is -0.469 e. The summed E-state index contributed by atoms with van der Waals surface area (Å²) in [4.78, 5) is 12.4. The minimum atomic E-state index is -0.216. The van der Waals surface area contributed by atoms with Crippen LogP contribution in [-0.4, -0.2) is 15.7 Å². The highest BCUT2D eigenvalue weighted by atomic mass is 35.5. The number of aromatic nitrogens is 2. The van der Waals surface area contributed by atoms with Crippen LogP contribution in [0.5, 0.6) is 0 Å². The first kappa shape index (κ1) is 17.6. The summed E-state index contributed by atoms with van der Waals surface area (Å²) in [5.74, 6) is 0.363. The maximum Gasteiger partial charge on any atom is 0.259 e. The first-order chi connectivity index (χ1) is 11.9. The lowest BCUT2D eigenvalue weighted by Crippen LogP contribution is -2.13. The van der Waals surface area contributed by atoms with E-state index in [0.717, 1.165) is 17.0 Å². The number of aryl methyl sites for hydroxylation is 2. The second kappa shape index (κ2) is 6.94. The van der Waals surface area contributed by atoms with E-state index in [1.165, 1.54) is 6.26 Å². The summed E-state index contributed by atoms with van der Waals surface area (Å²) in [6.45, 7) is 6.05. The van der Waals surface area contributed by atoms with Crippen LogP contribution < -0.4 is 5.32 Å². The predicted molar refractivity (Wildman–Crippen MR) is 98.7 cm³/mol. The molecule has 0 saturated heterocycles. The number of amides is 1. The highest BCUT2D eigenvalue weighted by molar-refractivity contribution is 6.42. The van der Waals surface area contributed by atoms with Gasteiger partial charge in [-0.2, -0.15) is 5.10 Å². The molecule has 2 aromatic heterocycles. The molecule has 25 heavy (non-hydrogen) atoms. The smallest absolute Gasteiger partial charge is 0.259 e. The summed E-state index contributed by atoms with van der Waals surface area (Å²) in [5, 5.41) is 8.46. The Morgan fingerprint density at radius 1 is 1.20 bits per heavy atom. The molecule has 130 valence electrons. The van der Waals surface area contributed by atoms with Gasteiger partial charge in [0, 0.05) is 0 Å². The molecule has 0 saturated carbocycles. The summed E-state index contributed by atoms with van der Waals surface area (Å²) in [7, 11) is 0. The fourth-order valence-electron chi connectivity index (χ4n) is 2.64. The van der Waals surface area contributed by atoms with Crippen molar-refractivity contribution < 1.29 is 9.21 Å². The maximum atomic E-state index is 12.4. The van der Waals surface area contributed by atoms with Gasteiger partial charge in [0.25, 0.3) is 5.91 Å². The molecule has 2 heterocycles. The third-order valence-corrected chi connectivity index (χ3v) is 4.78. The van der Waals surface area contributed by atoms with E-state index in [2.05, 4.69) is 10.4 Å². The summed E-state index contributed by atoms with van der Waals surface area (Å²) < 4.78 is 7.01. The van der Waals surface area contributed by atoms with Crippen molar-refractivity contribution in [2.45, 2.75) is 27.3 Å². The number of nitrogens with one attached hydrogen (secondary N) is 1. The van der Waals surface area contributed by atoms with Crippen LogP contribution in [0.2, 0.25) is 10.0 Å². The van der Waals surface area contributed by atoms with Crippen molar-refractivity contribution in [3.05, 3.63) is 68.8 Å². The van der Waals surface area contributed by atoms with E-state index >= 15 is 0 Å². The van der Waals surface area contributed by atoms with Crippen LogP contribution in [0, 0.1) is 20.8 Å². The third-order valence-electron chi connectivity index (χ3n) is 4.04. The Bertz CT molecular complexity index is 944. The number of nitrogens with zero attached hydrogens (tertiary/aromatic N) is 2. The van der Waals surface area contributed by atoms with Gasteiger partial charge in [-0.25, -0.2) is 0 Å². The van der Waals surface area contributed by atoms with Crippen molar-refractivity contribution in [3.8, 4) is 0 Å². The molecule has 0 aliphatic carbocycles. The molecule has 0 aliphatic heterocycles. The van der Waals surface area contributed by atoms with Gasteiger partial charge in [-0.15, -0.1) is 0 Å². The lowest BCUT2D eigenvalue weighted by molar-refractivity contribution is 0.102. The van der Waals surface area contributed by atoms with Crippen LogP contribution in [0.1, 0.15) is 33.1 Å². The normalized spacial score (nSPS) is 10.9. The number of halogens is 2. The number of rotatable bonds is 4. The van der Waals surface area contributed by atoms with Crippen molar-refractivity contribution in [2.75, 3.05) is 5.32 Å². The molecule has 0 spiro atoms. The first-order valence-corrected chi connectivity index (χ1v) is 8.45. The molecular weight excluding hydrogens is 361 g/mol. The Kier molecular flexibility index (Phi) is 4.88. The molecule has 0 aliphatic rings. The van der Waals surface area contributed by atoms with E-state index in [0.29, 0.717) is 33.6 Å². The van der Waals surface area contributed by atoms with Crippen molar-refractivity contribution in [1.82, 2.24) is 9.78 Å². The second-order valence-corrected chi connectivity index (χ2v) is 6.61. The first-order valence-electron chi connectivity index (χ1n) is 7.70. The van der Waals surface area contributed by atoms with Crippen LogP contribution in [0.3, 0.4) is 0 Å². The maximum absolute atomic E-state index is 12.4. The minimum absolute atomic E-state index is 0.216. The van der Waals surface area contributed by atoms with Gasteiger partial charge in [0.2, 0.25) is 0 Å². The number of furan rings is 1. The molecule has 3 aromatic rings. The number of carbonyl (C=O) groups excluding carboxylic acids is 1. The summed E-state index contributed by atoms with van der Waals surface area (Å²) in [6.07, 6.45) is 1.50. The second-order valence-electron chi connectivity index (χ2n) is 5.80. The zero-order valence-corrected chi connectivity index (χ0v) is 15.6. The fourth-order valence-corrected chi connectivity index (χ4v) is 2.96. The summed E-state index contributed by atoms with van der Waals surface area (Å²) >= 11 is 12.0.